The summed E-state index contributed by atoms with van der Waals surface area (Å²) >= 11 is 0. The molecule has 3 fully saturated rings. The van der Waals surface area contributed by atoms with Gasteiger partial charge in [0.25, 0.3) is 0 Å². The number of aliphatic hydroxyl groups is 1. The molecule has 1 amide bonds. The molecular weight excluding hydrogens is 230 g/mol. The normalized spacial score (nSPS) is 41.1. The number of aliphatic hydroxyl groups excluding tert-OH is 1. The third-order valence-electron chi connectivity index (χ3n) is 4.87. The van der Waals surface area contributed by atoms with Crippen molar-refractivity contribution in [1.29, 1.82) is 0 Å². The van der Waals surface area contributed by atoms with Crippen LogP contribution in [0.3, 0.4) is 0 Å². The molecular formula is C13H23N3O2. The Balaban J connectivity index is 1.64. The van der Waals surface area contributed by atoms with Crippen LogP contribution in [-0.2, 0) is 4.79 Å². The minimum atomic E-state index is -0.356. The molecule has 0 saturated carbocycles. The summed E-state index contributed by atoms with van der Waals surface area (Å²) < 4.78 is 0. The number of likely N-dealkylation sites (tertiary alicyclic amines) is 1. The minimum absolute atomic E-state index is 0.165. The lowest BCUT2D eigenvalue weighted by Gasteiger charge is -2.28. The lowest BCUT2D eigenvalue weighted by molar-refractivity contribution is -0.133. The van der Waals surface area contributed by atoms with E-state index < -0.39 is 0 Å². The van der Waals surface area contributed by atoms with Crippen LogP contribution in [0.4, 0.5) is 0 Å². The molecule has 4 unspecified atom stereocenters. The van der Waals surface area contributed by atoms with Crippen LogP contribution < -0.4 is 5.32 Å². The monoisotopic (exact) mass is 253 g/mol. The zero-order chi connectivity index (χ0) is 12.7. The number of nitrogens with zero attached hydrogens (tertiary/aromatic N) is 2. The lowest BCUT2D eigenvalue weighted by atomic mass is 10.1. The fraction of sp³-hybridized carbons (Fsp3) is 0.923. The molecule has 2 N–H and O–H groups in total. The van der Waals surface area contributed by atoms with Crippen LogP contribution in [-0.4, -0.2) is 71.7 Å². The molecule has 0 aromatic rings. The van der Waals surface area contributed by atoms with Gasteiger partial charge in [-0.2, -0.15) is 0 Å². The number of fused-ring (bicyclic) bond motifs is 2. The molecule has 4 atom stereocenters. The highest BCUT2D eigenvalue weighted by Crippen LogP contribution is 2.28. The number of carbonyl (C=O) groups excluding carboxylic acids is 1. The van der Waals surface area contributed by atoms with Gasteiger partial charge in [-0.15, -0.1) is 0 Å². The van der Waals surface area contributed by atoms with E-state index in [0.29, 0.717) is 25.0 Å². The Bertz CT molecular complexity index is 336. The van der Waals surface area contributed by atoms with Crippen LogP contribution in [0.2, 0.25) is 0 Å². The van der Waals surface area contributed by atoms with Gasteiger partial charge < -0.3 is 15.3 Å². The number of hydrogen-bond donors (Lipinski definition) is 2. The summed E-state index contributed by atoms with van der Waals surface area (Å²) in [5, 5.41) is 12.6. The van der Waals surface area contributed by atoms with Crippen LogP contribution in [0, 0.1) is 0 Å². The van der Waals surface area contributed by atoms with Crippen molar-refractivity contribution in [2.75, 3.05) is 26.7 Å². The molecule has 3 rings (SSSR count). The summed E-state index contributed by atoms with van der Waals surface area (Å²) in [5.41, 5.74) is 0. The molecule has 3 heterocycles. The number of nitrogens with one attached hydrogen (secondary N) is 1. The van der Waals surface area contributed by atoms with Crippen LogP contribution >= 0.6 is 0 Å². The Labute approximate surface area is 108 Å². The smallest absolute Gasteiger partial charge is 0.239 e. The highest BCUT2D eigenvalue weighted by atomic mass is 16.3. The summed E-state index contributed by atoms with van der Waals surface area (Å²) in [4.78, 5) is 16.9. The SMILES string of the molecule is CN1C2CCC1CN(C(=O)C1CC(O)CN1)CC2. The van der Waals surface area contributed by atoms with Crippen molar-refractivity contribution < 1.29 is 9.90 Å². The Morgan fingerprint density at radius 1 is 1.28 bits per heavy atom. The maximum absolute atomic E-state index is 12.4. The molecule has 0 aliphatic carbocycles. The number of amides is 1. The molecule has 3 aliphatic rings. The van der Waals surface area contributed by atoms with Gasteiger partial charge in [0.15, 0.2) is 0 Å². The van der Waals surface area contributed by atoms with E-state index >= 15 is 0 Å². The fourth-order valence-corrected chi connectivity index (χ4v) is 3.63. The predicted octanol–water partition coefficient (Wildman–Crippen LogP) is -0.596. The van der Waals surface area contributed by atoms with Gasteiger partial charge >= 0.3 is 0 Å². The zero-order valence-corrected chi connectivity index (χ0v) is 11.0. The van der Waals surface area contributed by atoms with Crippen molar-refractivity contribution in [2.45, 2.75) is 49.9 Å². The van der Waals surface area contributed by atoms with E-state index in [2.05, 4.69) is 17.3 Å². The maximum Gasteiger partial charge on any atom is 0.239 e. The molecule has 5 nitrogen and oxygen atoms in total. The molecule has 18 heavy (non-hydrogen) atoms. The van der Waals surface area contributed by atoms with Crippen molar-refractivity contribution >= 4 is 5.91 Å². The number of rotatable bonds is 1. The van der Waals surface area contributed by atoms with Crippen molar-refractivity contribution in [3.63, 3.8) is 0 Å². The Hall–Kier alpha value is -0.650. The van der Waals surface area contributed by atoms with E-state index in [1.54, 1.807) is 0 Å². The van der Waals surface area contributed by atoms with E-state index in [4.69, 9.17) is 0 Å². The first-order chi connectivity index (χ1) is 8.65. The molecule has 0 aromatic heterocycles. The topological polar surface area (TPSA) is 55.8 Å². The van der Waals surface area contributed by atoms with E-state index in [0.717, 1.165) is 19.5 Å². The molecule has 0 radical (unpaired) electrons. The van der Waals surface area contributed by atoms with Gasteiger partial charge in [-0.25, -0.2) is 0 Å². The molecule has 102 valence electrons. The second-order valence-electron chi connectivity index (χ2n) is 5.97. The van der Waals surface area contributed by atoms with E-state index in [9.17, 15) is 9.90 Å². The molecule has 3 saturated heterocycles. The lowest BCUT2D eigenvalue weighted by Crippen LogP contribution is -2.47. The summed E-state index contributed by atoms with van der Waals surface area (Å²) in [5.74, 6) is 0.188. The van der Waals surface area contributed by atoms with Crippen molar-refractivity contribution in [3.8, 4) is 0 Å². The summed E-state index contributed by atoms with van der Waals surface area (Å²) in [6.45, 7) is 2.29. The first-order valence-electron chi connectivity index (χ1n) is 7.07. The van der Waals surface area contributed by atoms with E-state index in [-0.39, 0.29) is 18.1 Å². The number of carbonyl (C=O) groups is 1. The van der Waals surface area contributed by atoms with E-state index in [1.807, 2.05) is 4.90 Å². The van der Waals surface area contributed by atoms with Gasteiger partial charge in [-0.05, 0) is 32.7 Å². The fourth-order valence-electron chi connectivity index (χ4n) is 3.63. The largest absolute Gasteiger partial charge is 0.392 e. The van der Waals surface area contributed by atoms with Crippen LogP contribution in [0.1, 0.15) is 25.7 Å². The van der Waals surface area contributed by atoms with Gasteiger partial charge in [0.1, 0.15) is 0 Å². The summed E-state index contributed by atoms with van der Waals surface area (Å²) in [7, 11) is 2.19. The van der Waals surface area contributed by atoms with E-state index in [1.165, 1.54) is 12.8 Å². The van der Waals surface area contributed by atoms with Gasteiger partial charge in [-0.3, -0.25) is 9.69 Å². The molecule has 5 heteroatoms. The maximum atomic E-state index is 12.4. The summed E-state index contributed by atoms with van der Waals surface area (Å²) in [6, 6.07) is 1.03. The Morgan fingerprint density at radius 3 is 2.78 bits per heavy atom. The number of likely N-dealkylation sites (N-methyl/N-ethyl adjacent to an activating group) is 1. The third kappa shape index (κ3) is 2.15. The second kappa shape index (κ2) is 4.79. The Morgan fingerprint density at radius 2 is 2.06 bits per heavy atom. The van der Waals surface area contributed by atoms with Crippen molar-refractivity contribution in [3.05, 3.63) is 0 Å². The molecule has 2 bridgehead atoms. The number of hydrogen-bond acceptors (Lipinski definition) is 4. The number of β-amino-alcohol motifs (C(OH)–C–C–N with tert-alkyl or cyclic N) is 1. The standard InChI is InChI=1S/C13H23N3O2/c1-15-9-2-3-10(15)8-16(5-4-9)13(18)12-6-11(17)7-14-12/h9-12,14,17H,2-8H2,1H3. The second-order valence-corrected chi connectivity index (χ2v) is 5.97. The summed E-state index contributed by atoms with van der Waals surface area (Å²) in [6.07, 6.45) is 3.80. The third-order valence-corrected chi connectivity index (χ3v) is 4.87. The molecule has 3 aliphatic heterocycles. The van der Waals surface area contributed by atoms with Crippen molar-refractivity contribution in [2.24, 2.45) is 0 Å². The van der Waals surface area contributed by atoms with Gasteiger partial charge in [0.2, 0.25) is 5.91 Å². The van der Waals surface area contributed by atoms with Gasteiger partial charge in [0, 0.05) is 31.7 Å². The highest BCUT2D eigenvalue weighted by Gasteiger charge is 2.38. The average molecular weight is 253 g/mol. The first-order valence-corrected chi connectivity index (χ1v) is 7.07. The zero-order valence-electron chi connectivity index (χ0n) is 11.0. The molecule has 0 spiro atoms. The Kier molecular flexibility index (Phi) is 3.30. The van der Waals surface area contributed by atoms with Crippen LogP contribution in [0.25, 0.3) is 0 Å². The average Bonchev–Trinajstić information content (AvgIpc) is 2.84. The van der Waals surface area contributed by atoms with Gasteiger partial charge in [-0.1, -0.05) is 0 Å². The highest BCUT2D eigenvalue weighted by molar-refractivity contribution is 5.82. The molecule has 0 aromatic carbocycles. The quantitative estimate of drug-likeness (QED) is 0.655. The predicted molar refractivity (Wildman–Crippen MR) is 68.2 cm³/mol. The van der Waals surface area contributed by atoms with Crippen molar-refractivity contribution in [1.82, 2.24) is 15.1 Å². The van der Waals surface area contributed by atoms with Crippen LogP contribution in [0.5, 0.6) is 0 Å². The van der Waals surface area contributed by atoms with Crippen LogP contribution in [0.15, 0.2) is 0 Å². The van der Waals surface area contributed by atoms with Gasteiger partial charge in [0.05, 0.1) is 12.1 Å². The first kappa shape index (κ1) is 12.4. The minimum Gasteiger partial charge on any atom is -0.392 e.